The normalized spacial score (nSPS) is 19.5. The fourth-order valence-corrected chi connectivity index (χ4v) is 9.64. The molecule has 1 saturated heterocycles. The van der Waals surface area contributed by atoms with Crippen LogP contribution in [0, 0.1) is 20.8 Å². The SMILES string of the molecule is CC1=CC(C)=N/C1=C(/c1ccc(N2CCSCCSCCSCCSCC2)cc1C)c1c(C)cc(C)n1B(F)F. The maximum Gasteiger partial charge on any atom is 0.677 e. The molecule has 0 saturated carbocycles. The van der Waals surface area contributed by atoms with E-state index in [1.807, 2.05) is 56.4 Å². The van der Waals surface area contributed by atoms with Crippen LogP contribution in [-0.4, -0.2) is 76.7 Å². The molecule has 0 spiro atoms. The molecular weight excluding hydrogens is 579 g/mol. The first kappa shape index (κ1) is 31.7. The van der Waals surface area contributed by atoms with Crippen molar-refractivity contribution in [3.05, 3.63) is 69.7 Å². The largest absolute Gasteiger partial charge is 0.677 e. The van der Waals surface area contributed by atoms with Crippen molar-refractivity contribution in [2.24, 2.45) is 4.99 Å². The van der Waals surface area contributed by atoms with E-state index in [-0.39, 0.29) is 0 Å². The molecule has 3 nitrogen and oxygen atoms in total. The van der Waals surface area contributed by atoms with Gasteiger partial charge in [0.25, 0.3) is 0 Å². The fraction of sp³-hybridized carbons (Fsp3) is 0.500. The Labute approximate surface area is 256 Å². The van der Waals surface area contributed by atoms with Crippen LogP contribution in [0.4, 0.5) is 14.3 Å². The average Bonchev–Trinajstić information content (AvgIpc) is 3.39. The molecule has 1 aromatic heterocycles. The van der Waals surface area contributed by atoms with Gasteiger partial charge in [0.15, 0.2) is 0 Å². The molecule has 2 aliphatic heterocycles. The summed E-state index contributed by atoms with van der Waals surface area (Å²) in [6, 6.07) is 8.41. The lowest BCUT2D eigenvalue weighted by atomic mass is 9.91. The van der Waals surface area contributed by atoms with Crippen molar-refractivity contribution in [1.82, 2.24) is 4.48 Å². The Kier molecular flexibility index (Phi) is 12.1. The maximum absolute atomic E-state index is 14.4. The number of benzene rings is 1. The monoisotopic (exact) mass is 619 g/mol. The van der Waals surface area contributed by atoms with E-state index in [0.717, 1.165) is 68.3 Å². The molecule has 1 aromatic carbocycles. The van der Waals surface area contributed by atoms with Gasteiger partial charge in [-0.2, -0.15) is 47.0 Å². The Morgan fingerprint density at radius 1 is 0.775 bits per heavy atom. The van der Waals surface area contributed by atoms with Crippen molar-refractivity contribution < 1.29 is 8.63 Å². The second-order valence-corrected chi connectivity index (χ2v) is 15.1. The summed E-state index contributed by atoms with van der Waals surface area (Å²) < 4.78 is 29.9. The Morgan fingerprint density at radius 2 is 1.35 bits per heavy atom. The van der Waals surface area contributed by atoms with Gasteiger partial charge in [-0.3, -0.25) is 13.6 Å². The Bertz CT molecular complexity index is 1260. The molecule has 2 aromatic rings. The number of anilines is 1. The van der Waals surface area contributed by atoms with Gasteiger partial charge in [-0.05, 0) is 81.2 Å². The molecule has 216 valence electrons. The van der Waals surface area contributed by atoms with Gasteiger partial charge in [0.1, 0.15) is 0 Å². The number of halogens is 2. The molecule has 1 fully saturated rings. The van der Waals surface area contributed by atoms with E-state index in [1.165, 1.54) is 40.2 Å². The van der Waals surface area contributed by atoms with Crippen molar-refractivity contribution in [3.8, 4) is 0 Å². The highest BCUT2D eigenvalue weighted by Gasteiger charge is 2.30. The minimum atomic E-state index is -2.62. The highest BCUT2D eigenvalue weighted by Crippen LogP contribution is 2.39. The van der Waals surface area contributed by atoms with E-state index in [0.29, 0.717) is 11.4 Å². The van der Waals surface area contributed by atoms with E-state index in [2.05, 4.69) is 53.5 Å². The molecular formula is C30H40BF2N3S4. The molecule has 0 unspecified atom stereocenters. The van der Waals surface area contributed by atoms with Crippen molar-refractivity contribution >= 4 is 71.4 Å². The third-order valence-electron chi connectivity index (χ3n) is 7.15. The summed E-state index contributed by atoms with van der Waals surface area (Å²) in [5.74, 6) is 9.56. The maximum atomic E-state index is 14.4. The predicted molar refractivity (Wildman–Crippen MR) is 183 cm³/mol. The van der Waals surface area contributed by atoms with Crippen LogP contribution in [0.15, 0.2) is 46.6 Å². The van der Waals surface area contributed by atoms with Crippen molar-refractivity contribution in [1.29, 1.82) is 0 Å². The van der Waals surface area contributed by atoms with Crippen LogP contribution in [0.1, 0.15) is 41.9 Å². The molecule has 2 aliphatic rings. The molecule has 0 atom stereocenters. The summed E-state index contributed by atoms with van der Waals surface area (Å²) in [6.45, 7) is 11.8. The third kappa shape index (κ3) is 7.98. The van der Waals surface area contributed by atoms with Crippen LogP contribution in [0.3, 0.4) is 0 Å². The van der Waals surface area contributed by atoms with E-state index in [4.69, 9.17) is 4.99 Å². The number of nitrogens with zero attached hydrogens (tertiary/aromatic N) is 3. The number of aromatic nitrogens is 1. The lowest BCUT2D eigenvalue weighted by Gasteiger charge is -2.26. The zero-order valence-corrected chi connectivity index (χ0v) is 27.5. The zero-order valence-electron chi connectivity index (χ0n) is 24.3. The standard InChI is InChI=1S/C30H40BF2N3S4/c1-21-20-26(35-8-10-37-12-14-39-16-17-40-15-13-38-11-9-35)6-7-27(21)28(29-22(2)18-24(4)34-29)30-23(3)19-25(5)36(30)31(32)33/h6-7,18-20H,8-17H2,1-5H3/b29-28-. The van der Waals surface area contributed by atoms with E-state index in [9.17, 15) is 8.63 Å². The van der Waals surface area contributed by atoms with Crippen LogP contribution in [0.2, 0.25) is 0 Å². The topological polar surface area (TPSA) is 20.5 Å². The minimum Gasteiger partial charge on any atom is -0.370 e. The summed E-state index contributed by atoms with van der Waals surface area (Å²) in [4.78, 5) is 7.34. The van der Waals surface area contributed by atoms with Gasteiger partial charge in [-0.1, -0.05) is 6.07 Å². The number of rotatable bonds is 4. The zero-order chi connectivity index (χ0) is 28.6. The summed E-state index contributed by atoms with van der Waals surface area (Å²) in [6.07, 6.45) is 2.03. The Hall–Kier alpha value is -1.23. The molecule has 0 amide bonds. The minimum absolute atomic E-state index is 0.558. The van der Waals surface area contributed by atoms with Crippen molar-refractivity contribution in [2.75, 3.05) is 64.0 Å². The lowest BCUT2D eigenvalue weighted by Crippen LogP contribution is -2.28. The van der Waals surface area contributed by atoms with E-state index in [1.54, 1.807) is 6.92 Å². The first-order valence-corrected chi connectivity index (χ1v) is 18.5. The third-order valence-corrected chi connectivity index (χ3v) is 11.8. The van der Waals surface area contributed by atoms with Crippen molar-refractivity contribution in [2.45, 2.75) is 34.6 Å². The number of aryl methyl sites for hydroxylation is 3. The first-order valence-electron chi connectivity index (χ1n) is 13.9. The second kappa shape index (κ2) is 15.3. The number of hydrogen-bond donors (Lipinski definition) is 0. The fourth-order valence-electron chi connectivity index (χ4n) is 5.29. The second-order valence-electron chi connectivity index (χ2n) is 10.2. The number of thioether (sulfide) groups is 4. The van der Waals surface area contributed by atoms with Crippen LogP contribution < -0.4 is 4.90 Å². The van der Waals surface area contributed by atoms with E-state index >= 15 is 0 Å². The first-order chi connectivity index (χ1) is 19.3. The molecule has 3 heterocycles. The Morgan fingerprint density at radius 3 is 1.85 bits per heavy atom. The molecule has 0 bridgehead atoms. The van der Waals surface area contributed by atoms with Gasteiger partial charge < -0.3 is 9.38 Å². The van der Waals surface area contributed by atoms with Crippen LogP contribution in [0.5, 0.6) is 0 Å². The lowest BCUT2D eigenvalue weighted by molar-refractivity contribution is 0.624. The summed E-state index contributed by atoms with van der Waals surface area (Å²) >= 11 is 8.23. The van der Waals surface area contributed by atoms with Gasteiger partial charge in [-0.15, -0.1) is 0 Å². The molecule has 0 N–H and O–H groups in total. The van der Waals surface area contributed by atoms with Gasteiger partial charge in [-0.25, -0.2) is 0 Å². The molecule has 40 heavy (non-hydrogen) atoms. The van der Waals surface area contributed by atoms with Crippen molar-refractivity contribution in [3.63, 3.8) is 0 Å². The van der Waals surface area contributed by atoms with E-state index < -0.39 is 7.40 Å². The molecule has 4 rings (SSSR count). The molecule has 0 aliphatic carbocycles. The summed E-state index contributed by atoms with van der Waals surface area (Å²) in [5.41, 5.74) is 8.68. The highest BCUT2D eigenvalue weighted by atomic mass is 32.2. The molecule has 10 heteroatoms. The van der Waals surface area contributed by atoms with Gasteiger partial charge in [0, 0.05) is 87.5 Å². The van der Waals surface area contributed by atoms with Gasteiger partial charge in [0.2, 0.25) is 0 Å². The molecule has 0 radical (unpaired) electrons. The smallest absolute Gasteiger partial charge is 0.370 e. The number of allylic oxidation sites excluding steroid dienone is 2. The predicted octanol–water partition coefficient (Wildman–Crippen LogP) is 8.12. The summed E-state index contributed by atoms with van der Waals surface area (Å²) in [7, 11) is -2.62. The Balaban J connectivity index is 1.70. The van der Waals surface area contributed by atoms with Gasteiger partial charge >= 0.3 is 7.40 Å². The average molecular weight is 620 g/mol. The van der Waals surface area contributed by atoms with Crippen LogP contribution in [0.25, 0.3) is 5.57 Å². The van der Waals surface area contributed by atoms with Crippen LogP contribution in [-0.2, 0) is 0 Å². The summed E-state index contributed by atoms with van der Waals surface area (Å²) in [5, 5.41) is 0. The van der Waals surface area contributed by atoms with Gasteiger partial charge in [0.05, 0.1) is 5.70 Å². The number of hydrogen-bond acceptors (Lipinski definition) is 6. The number of aliphatic imine (C=N–C) groups is 1. The van der Waals surface area contributed by atoms with Crippen LogP contribution >= 0.6 is 47.0 Å². The highest BCUT2D eigenvalue weighted by molar-refractivity contribution is 8.05. The quantitative estimate of drug-likeness (QED) is 0.321.